The summed E-state index contributed by atoms with van der Waals surface area (Å²) >= 11 is 4.81. The average Bonchev–Trinajstić information content (AvgIpc) is 3.40. The first-order chi connectivity index (χ1) is 15.0. The molecule has 1 aliphatic rings. The highest BCUT2D eigenvalue weighted by molar-refractivity contribution is 9.10. The van der Waals surface area contributed by atoms with E-state index >= 15 is 0 Å². The van der Waals surface area contributed by atoms with Gasteiger partial charge in [-0.25, -0.2) is 0 Å². The number of halogens is 1. The molecule has 31 heavy (non-hydrogen) atoms. The monoisotopic (exact) mass is 499 g/mol. The van der Waals surface area contributed by atoms with Crippen LogP contribution in [0.4, 0.5) is 5.69 Å². The van der Waals surface area contributed by atoms with Crippen LogP contribution in [0.3, 0.4) is 0 Å². The number of rotatable bonds is 5. The van der Waals surface area contributed by atoms with Gasteiger partial charge in [-0.05, 0) is 69.8 Å². The van der Waals surface area contributed by atoms with E-state index in [0.717, 1.165) is 4.88 Å². The number of anilines is 1. The molecule has 0 aliphatic carbocycles. The van der Waals surface area contributed by atoms with Crippen molar-refractivity contribution >= 4 is 50.4 Å². The van der Waals surface area contributed by atoms with Crippen LogP contribution in [0.2, 0.25) is 0 Å². The van der Waals surface area contributed by atoms with Crippen LogP contribution < -0.4 is 14.4 Å². The lowest BCUT2D eigenvalue weighted by Crippen LogP contribution is -2.29. The molecule has 2 heterocycles. The summed E-state index contributed by atoms with van der Waals surface area (Å²) in [4.78, 5) is 28.3. The number of hydrogen-bond donors (Lipinski definition) is 1. The summed E-state index contributed by atoms with van der Waals surface area (Å²) in [5.74, 6) is -0.450. The summed E-state index contributed by atoms with van der Waals surface area (Å²) < 4.78 is 11.0. The molecule has 1 aliphatic heterocycles. The average molecular weight is 500 g/mol. The van der Waals surface area contributed by atoms with Gasteiger partial charge < -0.3 is 14.6 Å². The van der Waals surface area contributed by atoms with E-state index < -0.39 is 17.7 Å². The molecule has 6 nitrogen and oxygen atoms in total. The molecular formula is C23H18BrNO5S. The van der Waals surface area contributed by atoms with Crippen LogP contribution in [0.1, 0.15) is 16.5 Å². The zero-order valence-electron chi connectivity index (χ0n) is 16.7. The van der Waals surface area contributed by atoms with Gasteiger partial charge in [0.05, 0.1) is 24.3 Å². The number of nitrogens with zero attached hydrogens (tertiary/aromatic N) is 1. The highest BCUT2D eigenvalue weighted by Gasteiger charge is 2.47. The highest BCUT2D eigenvalue weighted by Crippen LogP contribution is 2.44. The van der Waals surface area contributed by atoms with Gasteiger partial charge in [0.15, 0.2) is 0 Å². The van der Waals surface area contributed by atoms with E-state index in [1.807, 2.05) is 17.5 Å². The zero-order valence-corrected chi connectivity index (χ0v) is 19.1. The number of thiophene rings is 1. The molecule has 4 rings (SSSR count). The van der Waals surface area contributed by atoms with Crippen LogP contribution in [-0.4, -0.2) is 31.0 Å². The Labute approximate surface area is 191 Å². The van der Waals surface area contributed by atoms with E-state index in [1.54, 1.807) is 49.6 Å². The standard InChI is InChI=1S/C23H18BrNO5S/c1-29-15-8-6-14(7-9-15)25-20(18-4-3-11-31-18)19(22(27)23(25)28)21(26)13-5-10-17(30-2)16(24)12-13/h3-12,20,26H,1-2H3/b21-19-. The van der Waals surface area contributed by atoms with Crippen molar-refractivity contribution in [2.45, 2.75) is 6.04 Å². The van der Waals surface area contributed by atoms with Crippen LogP contribution >= 0.6 is 27.3 Å². The number of Topliss-reactive ketones (excluding diaryl/α,β-unsaturated/α-hetero) is 1. The van der Waals surface area contributed by atoms with Crippen LogP contribution in [-0.2, 0) is 9.59 Å². The minimum Gasteiger partial charge on any atom is -0.507 e. The van der Waals surface area contributed by atoms with Crippen molar-refractivity contribution in [3.63, 3.8) is 0 Å². The molecular weight excluding hydrogens is 482 g/mol. The third-order valence-corrected chi connectivity index (χ3v) is 6.58. The van der Waals surface area contributed by atoms with Crippen molar-refractivity contribution in [2.24, 2.45) is 0 Å². The van der Waals surface area contributed by atoms with Gasteiger partial charge in [-0.2, -0.15) is 0 Å². The van der Waals surface area contributed by atoms with Crippen LogP contribution in [0.15, 0.2) is 70.0 Å². The molecule has 1 amide bonds. The van der Waals surface area contributed by atoms with E-state index in [1.165, 1.54) is 23.3 Å². The number of methoxy groups -OCH3 is 2. The fourth-order valence-corrected chi connectivity index (χ4v) is 4.89. The summed E-state index contributed by atoms with van der Waals surface area (Å²) in [5, 5.41) is 13.0. The molecule has 0 bridgehead atoms. The number of carbonyl (C=O) groups excluding carboxylic acids is 2. The molecule has 0 spiro atoms. The quantitative estimate of drug-likeness (QED) is 0.298. The second-order valence-corrected chi connectivity index (χ2v) is 8.57. The number of carbonyl (C=O) groups is 2. The Morgan fingerprint density at radius 2 is 1.81 bits per heavy atom. The summed E-state index contributed by atoms with van der Waals surface area (Å²) in [7, 11) is 3.09. The van der Waals surface area contributed by atoms with E-state index in [2.05, 4.69) is 15.9 Å². The van der Waals surface area contributed by atoms with Crippen molar-refractivity contribution in [3.05, 3.63) is 80.5 Å². The molecule has 1 atom stereocenters. The van der Waals surface area contributed by atoms with Crippen molar-refractivity contribution in [1.82, 2.24) is 0 Å². The summed E-state index contributed by atoms with van der Waals surface area (Å²) in [6.45, 7) is 0. The van der Waals surface area contributed by atoms with Gasteiger partial charge in [-0.1, -0.05) is 6.07 Å². The summed E-state index contributed by atoms with van der Waals surface area (Å²) in [6.07, 6.45) is 0. The predicted octanol–water partition coefficient (Wildman–Crippen LogP) is 5.15. The van der Waals surface area contributed by atoms with Gasteiger partial charge in [-0.15, -0.1) is 11.3 Å². The number of ether oxygens (including phenoxy) is 2. The van der Waals surface area contributed by atoms with Crippen LogP contribution in [0.25, 0.3) is 5.76 Å². The largest absolute Gasteiger partial charge is 0.507 e. The third-order valence-electron chi connectivity index (χ3n) is 5.03. The van der Waals surface area contributed by atoms with Crippen LogP contribution in [0, 0.1) is 0 Å². The Balaban J connectivity index is 1.88. The molecule has 1 saturated heterocycles. The molecule has 1 N–H and O–H groups in total. The zero-order chi connectivity index (χ0) is 22.1. The lowest BCUT2D eigenvalue weighted by atomic mass is 9.99. The molecule has 0 radical (unpaired) electrons. The number of hydrogen-bond acceptors (Lipinski definition) is 6. The Morgan fingerprint density at radius 3 is 2.39 bits per heavy atom. The number of aliphatic hydroxyl groups is 1. The first kappa shape index (κ1) is 21.1. The normalized spacial score (nSPS) is 17.8. The van der Waals surface area contributed by atoms with E-state index in [9.17, 15) is 14.7 Å². The van der Waals surface area contributed by atoms with Crippen molar-refractivity contribution in [3.8, 4) is 11.5 Å². The molecule has 1 unspecified atom stereocenters. The summed E-state index contributed by atoms with van der Waals surface area (Å²) in [6, 6.07) is 14.8. The van der Waals surface area contributed by atoms with Gasteiger partial charge in [0.1, 0.15) is 23.3 Å². The molecule has 3 aromatic rings. The fourth-order valence-electron chi connectivity index (χ4n) is 3.53. The van der Waals surface area contributed by atoms with Gasteiger partial charge >= 0.3 is 0 Å². The van der Waals surface area contributed by atoms with E-state index in [4.69, 9.17) is 9.47 Å². The lowest BCUT2D eigenvalue weighted by Gasteiger charge is -2.24. The molecule has 8 heteroatoms. The predicted molar refractivity (Wildman–Crippen MR) is 123 cm³/mol. The molecule has 2 aromatic carbocycles. The number of ketones is 1. The Hall–Kier alpha value is -3.10. The second kappa shape index (κ2) is 8.56. The maximum Gasteiger partial charge on any atom is 0.300 e. The third kappa shape index (κ3) is 3.73. The maximum absolute atomic E-state index is 13.1. The van der Waals surface area contributed by atoms with E-state index in [-0.39, 0.29) is 11.3 Å². The topological polar surface area (TPSA) is 76.1 Å². The first-order valence-corrected chi connectivity index (χ1v) is 11.0. The lowest BCUT2D eigenvalue weighted by molar-refractivity contribution is -0.132. The fraction of sp³-hybridized carbons (Fsp3) is 0.130. The number of amides is 1. The molecule has 0 saturated carbocycles. The van der Waals surface area contributed by atoms with Gasteiger partial charge in [0.25, 0.3) is 11.7 Å². The van der Waals surface area contributed by atoms with Crippen molar-refractivity contribution in [1.29, 1.82) is 0 Å². The minimum atomic E-state index is -0.741. The van der Waals surface area contributed by atoms with Crippen molar-refractivity contribution in [2.75, 3.05) is 19.1 Å². The second-order valence-electron chi connectivity index (χ2n) is 6.73. The minimum absolute atomic E-state index is 0.0420. The maximum atomic E-state index is 13.1. The van der Waals surface area contributed by atoms with Gasteiger partial charge in [0, 0.05) is 16.1 Å². The Morgan fingerprint density at radius 1 is 1.06 bits per heavy atom. The SMILES string of the molecule is COc1ccc(N2C(=O)C(=O)/C(=C(\O)c3ccc(OC)c(Br)c3)C2c2cccs2)cc1. The van der Waals surface area contributed by atoms with Crippen LogP contribution in [0.5, 0.6) is 11.5 Å². The highest BCUT2D eigenvalue weighted by atomic mass is 79.9. The smallest absolute Gasteiger partial charge is 0.300 e. The molecule has 158 valence electrons. The molecule has 1 aromatic heterocycles. The Kier molecular flexibility index (Phi) is 5.84. The number of benzene rings is 2. The van der Waals surface area contributed by atoms with E-state index in [0.29, 0.717) is 27.2 Å². The Bertz CT molecular complexity index is 1170. The molecule has 1 fully saturated rings. The number of aliphatic hydroxyl groups excluding tert-OH is 1. The first-order valence-electron chi connectivity index (χ1n) is 9.28. The summed E-state index contributed by atoms with van der Waals surface area (Å²) in [5.41, 5.74) is 0.985. The van der Waals surface area contributed by atoms with Gasteiger partial charge in [-0.3, -0.25) is 14.5 Å². The van der Waals surface area contributed by atoms with Crippen molar-refractivity contribution < 1.29 is 24.2 Å². The van der Waals surface area contributed by atoms with Gasteiger partial charge in [0.2, 0.25) is 0 Å².